The molecule has 48 heavy (non-hydrogen) atoms. The predicted octanol–water partition coefficient (Wildman–Crippen LogP) is 7.75. The fourth-order valence-electron chi connectivity index (χ4n) is 5.84. The summed E-state index contributed by atoms with van der Waals surface area (Å²) in [5, 5.41) is 19.5. The Kier molecular flexibility index (Phi) is 9.72. The van der Waals surface area contributed by atoms with E-state index in [1.807, 2.05) is 100 Å². The monoisotopic (exact) mass is 646 g/mol. The van der Waals surface area contributed by atoms with Crippen LogP contribution >= 0.6 is 0 Å². The molecule has 1 unspecified atom stereocenters. The topological polar surface area (TPSA) is 122 Å². The summed E-state index contributed by atoms with van der Waals surface area (Å²) in [6.07, 6.45) is 4.19. The molecule has 5 aromatic rings. The van der Waals surface area contributed by atoms with E-state index in [1.165, 1.54) is 0 Å². The molecular formula is C38H42N6O4. The van der Waals surface area contributed by atoms with Gasteiger partial charge in [0.15, 0.2) is 0 Å². The Morgan fingerprint density at radius 1 is 0.979 bits per heavy atom. The number of aryl methyl sites for hydroxylation is 1. The van der Waals surface area contributed by atoms with Gasteiger partial charge in [-0.1, -0.05) is 54.6 Å². The number of hydrogen-bond acceptors (Lipinski definition) is 9. The molecule has 3 N–H and O–H groups in total. The van der Waals surface area contributed by atoms with Crippen LogP contribution in [0.1, 0.15) is 50.8 Å². The molecule has 0 spiro atoms. The third-order valence-electron chi connectivity index (χ3n) is 8.19. The number of hydrogen-bond donors (Lipinski definition) is 3. The van der Waals surface area contributed by atoms with E-state index >= 15 is 0 Å². The van der Waals surface area contributed by atoms with Gasteiger partial charge in [-0.05, 0) is 75.9 Å². The van der Waals surface area contributed by atoms with Crippen molar-refractivity contribution in [3.63, 3.8) is 0 Å². The molecule has 10 heteroatoms. The summed E-state index contributed by atoms with van der Waals surface area (Å²) in [5.74, 6) is 1.58. The number of pyridine rings is 1. The first-order valence-corrected chi connectivity index (χ1v) is 16.3. The smallest absolute Gasteiger partial charge is 0.410 e. The van der Waals surface area contributed by atoms with E-state index in [0.29, 0.717) is 42.9 Å². The summed E-state index contributed by atoms with van der Waals surface area (Å²) < 4.78 is 12.2. The second-order valence-electron chi connectivity index (χ2n) is 13.1. The SMILES string of the molecule is Cc1ccc2c(NCC(O)c3ccccc3)cccc2c1Oc1ncccc1-c1ccnc(N[C@H]2CCCN(C(=O)OC(C)(C)C)C2)n1. The molecule has 1 fully saturated rings. The van der Waals surface area contributed by atoms with Gasteiger partial charge in [0, 0.05) is 54.5 Å². The first kappa shape index (κ1) is 32.7. The maximum absolute atomic E-state index is 12.7. The summed E-state index contributed by atoms with van der Waals surface area (Å²) in [6, 6.07) is 25.3. The molecule has 6 rings (SSSR count). The Hall–Kier alpha value is -5.22. The number of ether oxygens (including phenoxy) is 2. The van der Waals surface area contributed by atoms with Crippen molar-refractivity contribution in [2.75, 3.05) is 30.3 Å². The maximum Gasteiger partial charge on any atom is 0.410 e. The molecule has 0 saturated carbocycles. The number of fused-ring (bicyclic) bond motifs is 1. The number of carbonyl (C=O) groups is 1. The number of amides is 1. The van der Waals surface area contributed by atoms with Crippen LogP contribution in [0.4, 0.5) is 16.4 Å². The molecule has 0 radical (unpaired) electrons. The minimum absolute atomic E-state index is 0.0129. The van der Waals surface area contributed by atoms with E-state index < -0.39 is 11.7 Å². The lowest BCUT2D eigenvalue weighted by Crippen LogP contribution is -2.47. The van der Waals surface area contributed by atoms with Gasteiger partial charge in [0.05, 0.1) is 17.4 Å². The van der Waals surface area contributed by atoms with Gasteiger partial charge in [0.2, 0.25) is 11.8 Å². The molecular weight excluding hydrogens is 604 g/mol. The second-order valence-corrected chi connectivity index (χ2v) is 13.1. The molecule has 3 aromatic carbocycles. The van der Waals surface area contributed by atoms with Crippen molar-refractivity contribution in [1.29, 1.82) is 0 Å². The molecule has 2 atom stereocenters. The third kappa shape index (κ3) is 7.83. The van der Waals surface area contributed by atoms with Crippen LogP contribution in [-0.2, 0) is 4.74 Å². The fourth-order valence-corrected chi connectivity index (χ4v) is 5.84. The molecule has 1 amide bonds. The van der Waals surface area contributed by atoms with Gasteiger partial charge in [-0.25, -0.2) is 19.7 Å². The average Bonchev–Trinajstić information content (AvgIpc) is 3.08. The van der Waals surface area contributed by atoms with Crippen LogP contribution in [0.25, 0.3) is 22.0 Å². The van der Waals surface area contributed by atoms with Crippen LogP contribution in [-0.4, -0.2) is 62.3 Å². The Bertz CT molecular complexity index is 1880. The lowest BCUT2D eigenvalue weighted by atomic mass is 10.0. The zero-order chi connectivity index (χ0) is 33.7. The quantitative estimate of drug-likeness (QED) is 0.148. The minimum Gasteiger partial charge on any atom is -0.444 e. The number of aliphatic hydroxyl groups excluding tert-OH is 1. The minimum atomic E-state index is -0.645. The van der Waals surface area contributed by atoms with Gasteiger partial charge >= 0.3 is 6.09 Å². The van der Waals surface area contributed by atoms with Gasteiger partial charge in [0.25, 0.3) is 0 Å². The molecule has 10 nitrogen and oxygen atoms in total. The summed E-state index contributed by atoms with van der Waals surface area (Å²) in [5.41, 5.74) is 3.54. The standard InChI is InChI=1S/C38H42N6O4/c1-25-17-18-28-29(14-8-16-31(28)41-23-33(45)26-11-6-5-7-12-26)34(25)47-35-30(15-9-20-39-35)32-19-21-40-36(43-32)42-27-13-10-22-44(24-27)37(46)48-38(2,3)4/h5-9,11-12,14-21,27,33,41,45H,10,13,22-24H2,1-4H3,(H,40,42,43)/t27-,33?/m0/s1. The van der Waals surface area contributed by atoms with Gasteiger partial charge in [-0.3, -0.25) is 0 Å². The van der Waals surface area contributed by atoms with Crippen molar-refractivity contribution in [2.45, 2.75) is 58.3 Å². The van der Waals surface area contributed by atoms with Crippen molar-refractivity contribution < 1.29 is 19.4 Å². The van der Waals surface area contributed by atoms with Crippen LogP contribution in [0.15, 0.2) is 91.3 Å². The lowest BCUT2D eigenvalue weighted by molar-refractivity contribution is 0.0206. The van der Waals surface area contributed by atoms with Crippen LogP contribution in [0.2, 0.25) is 0 Å². The largest absolute Gasteiger partial charge is 0.444 e. The van der Waals surface area contributed by atoms with Gasteiger partial charge in [-0.15, -0.1) is 0 Å². The first-order valence-electron chi connectivity index (χ1n) is 16.3. The summed E-state index contributed by atoms with van der Waals surface area (Å²) >= 11 is 0. The van der Waals surface area contributed by atoms with E-state index in [4.69, 9.17) is 14.5 Å². The third-order valence-corrected chi connectivity index (χ3v) is 8.19. The lowest BCUT2D eigenvalue weighted by Gasteiger charge is -2.34. The number of nitrogens with one attached hydrogen (secondary N) is 2. The Morgan fingerprint density at radius 3 is 2.62 bits per heavy atom. The summed E-state index contributed by atoms with van der Waals surface area (Å²) in [7, 11) is 0. The van der Waals surface area contributed by atoms with Crippen LogP contribution in [0.5, 0.6) is 11.6 Å². The van der Waals surface area contributed by atoms with Crippen molar-refractivity contribution in [2.24, 2.45) is 0 Å². The highest BCUT2D eigenvalue weighted by Crippen LogP contribution is 2.38. The Labute approximate surface area is 281 Å². The van der Waals surface area contributed by atoms with E-state index in [0.717, 1.165) is 46.0 Å². The van der Waals surface area contributed by atoms with Gasteiger partial charge in [0.1, 0.15) is 11.4 Å². The predicted molar refractivity (Wildman–Crippen MR) is 188 cm³/mol. The molecule has 1 saturated heterocycles. The van der Waals surface area contributed by atoms with Crippen LogP contribution < -0.4 is 15.4 Å². The molecule has 248 valence electrons. The number of aliphatic hydroxyl groups is 1. The highest BCUT2D eigenvalue weighted by Gasteiger charge is 2.28. The number of aromatic nitrogens is 3. The van der Waals surface area contributed by atoms with Gasteiger partial charge in [-0.2, -0.15) is 0 Å². The van der Waals surface area contributed by atoms with E-state index in [2.05, 4.69) is 26.7 Å². The van der Waals surface area contributed by atoms with Crippen molar-refractivity contribution >= 4 is 28.5 Å². The zero-order valence-electron chi connectivity index (χ0n) is 27.8. The summed E-state index contributed by atoms with van der Waals surface area (Å²) in [6.45, 7) is 9.15. The van der Waals surface area contributed by atoms with E-state index in [9.17, 15) is 9.90 Å². The van der Waals surface area contributed by atoms with E-state index in [-0.39, 0.29) is 12.1 Å². The molecule has 3 heterocycles. The molecule has 1 aliphatic heterocycles. The average molecular weight is 647 g/mol. The number of benzene rings is 3. The number of piperidine rings is 1. The molecule has 0 aliphatic carbocycles. The van der Waals surface area contributed by atoms with Crippen LogP contribution in [0, 0.1) is 6.92 Å². The van der Waals surface area contributed by atoms with Crippen molar-refractivity contribution in [3.05, 3.63) is 102 Å². The maximum atomic E-state index is 12.7. The van der Waals surface area contributed by atoms with Crippen LogP contribution in [0.3, 0.4) is 0 Å². The van der Waals surface area contributed by atoms with Gasteiger partial charge < -0.3 is 30.1 Å². The molecule has 1 aliphatic rings. The fraction of sp³-hybridized carbons (Fsp3) is 0.316. The molecule has 2 aromatic heterocycles. The molecule has 0 bridgehead atoms. The second kappa shape index (κ2) is 14.3. The Morgan fingerprint density at radius 2 is 1.81 bits per heavy atom. The number of carbonyl (C=O) groups excluding carboxylic acids is 1. The number of nitrogens with zero attached hydrogens (tertiary/aromatic N) is 4. The summed E-state index contributed by atoms with van der Waals surface area (Å²) in [4.78, 5) is 28.3. The Balaban J connectivity index is 1.21. The number of anilines is 2. The van der Waals surface area contributed by atoms with Crippen molar-refractivity contribution in [1.82, 2.24) is 19.9 Å². The number of likely N-dealkylation sites (tertiary alicyclic amines) is 1. The highest BCUT2D eigenvalue weighted by molar-refractivity contribution is 5.98. The van der Waals surface area contributed by atoms with E-state index in [1.54, 1.807) is 17.3 Å². The zero-order valence-corrected chi connectivity index (χ0v) is 27.8. The van der Waals surface area contributed by atoms with Crippen molar-refractivity contribution in [3.8, 4) is 22.9 Å². The number of rotatable bonds is 9. The highest BCUT2D eigenvalue weighted by atomic mass is 16.6. The first-order chi connectivity index (χ1) is 23.1. The normalized spacial score (nSPS) is 15.5.